The van der Waals surface area contributed by atoms with Gasteiger partial charge in [-0.3, -0.25) is 4.79 Å². The Kier molecular flexibility index (Phi) is 4.75. The molecule has 1 N–H and O–H groups in total. The highest BCUT2D eigenvalue weighted by Crippen LogP contribution is 2.44. The molecule has 2 saturated heterocycles. The van der Waals surface area contributed by atoms with Gasteiger partial charge in [0.05, 0.1) is 12.2 Å². The molecule has 0 aliphatic carbocycles. The van der Waals surface area contributed by atoms with Crippen LogP contribution in [0.5, 0.6) is 0 Å². The highest BCUT2D eigenvalue weighted by atomic mass is 16.5. The van der Waals surface area contributed by atoms with Crippen molar-refractivity contribution in [2.24, 2.45) is 11.8 Å². The van der Waals surface area contributed by atoms with Crippen LogP contribution in [-0.2, 0) is 14.3 Å². The molecule has 18 heavy (non-hydrogen) atoms. The molecule has 2 bridgehead atoms. The number of hydrogen-bond donors (Lipinski definition) is 1. The van der Waals surface area contributed by atoms with E-state index in [0.29, 0.717) is 12.0 Å². The van der Waals surface area contributed by atoms with Gasteiger partial charge in [-0.1, -0.05) is 19.3 Å². The molecule has 0 saturated carbocycles. The standard InChI is InChI=1S/C14H22O4/c15-9-11-10(12-7-8-13(11)18-12)5-3-1-2-4-6-14(16)17/h9-13H,1-8H2,(H,16,17)/t10-,11+,12-,13+/m1/s1. The normalized spacial score (nSPS) is 33.8. The Bertz CT molecular complexity index is 302. The minimum atomic E-state index is -0.711. The van der Waals surface area contributed by atoms with E-state index in [1.54, 1.807) is 0 Å². The smallest absolute Gasteiger partial charge is 0.303 e. The number of aliphatic carboxylic acids is 1. The zero-order chi connectivity index (χ0) is 13.0. The number of rotatable bonds is 8. The minimum absolute atomic E-state index is 0.114. The number of carbonyl (C=O) groups excluding carboxylic acids is 1. The van der Waals surface area contributed by atoms with Crippen LogP contribution in [0.25, 0.3) is 0 Å². The number of aldehydes is 1. The minimum Gasteiger partial charge on any atom is -0.481 e. The quantitative estimate of drug-likeness (QED) is 0.533. The number of ether oxygens (including phenoxy) is 1. The van der Waals surface area contributed by atoms with E-state index in [4.69, 9.17) is 9.84 Å². The predicted octanol–water partition coefficient (Wildman–Crippen LogP) is 2.40. The average Bonchev–Trinajstić information content (AvgIpc) is 2.93. The lowest BCUT2D eigenvalue weighted by molar-refractivity contribution is -0.137. The van der Waals surface area contributed by atoms with Crippen molar-refractivity contribution in [3.63, 3.8) is 0 Å². The molecule has 2 fully saturated rings. The highest BCUT2D eigenvalue weighted by molar-refractivity contribution is 5.66. The molecule has 0 unspecified atom stereocenters. The van der Waals surface area contributed by atoms with E-state index in [1.165, 1.54) is 0 Å². The van der Waals surface area contributed by atoms with Gasteiger partial charge in [0.15, 0.2) is 0 Å². The summed E-state index contributed by atoms with van der Waals surface area (Å²) >= 11 is 0. The van der Waals surface area contributed by atoms with Crippen LogP contribution in [0.15, 0.2) is 0 Å². The first-order valence-corrected chi connectivity index (χ1v) is 7.05. The van der Waals surface area contributed by atoms with Crippen molar-refractivity contribution in [3.05, 3.63) is 0 Å². The Labute approximate surface area is 108 Å². The number of carbonyl (C=O) groups is 2. The summed E-state index contributed by atoms with van der Waals surface area (Å²) in [6, 6.07) is 0. The van der Waals surface area contributed by atoms with Crippen molar-refractivity contribution in [3.8, 4) is 0 Å². The monoisotopic (exact) mass is 254 g/mol. The molecule has 0 aromatic heterocycles. The largest absolute Gasteiger partial charge is 0.481 e. The molecule has 0 aromatic rings. The van der Waals surface area contributed by atoms with E-state index in [-0.39, 0.29) is 18.4 Å². The van der Waals surface area contributed by atoms with Gasteiger partial charge in [-0.2, -0.15) is 0 Å². The summed E-state index contributed by atoms with van der Waals surface area (Å²) in [7, 11) is 0. The maximum Gasteiger partial charge on any atom is 0.303 e. The Balaban J connectivity index is 1.61. The molecule has 4 heteroatoms. The summed E-state index contributed by atoms with van der Waals surface area (Å²) in [6.45, 7) is 0. The molecule has 2 aliphatic rings. The van der Waals surface area contributed by atoms with E-state index >= 15 is 0 Å². The number of carboxylic acid groups (broad SMARTS) is 1. The van der Waals surface area contributed by atoms with E-state index in [1.807, 2.05) is 0 Å². The number of hydrogen-bond acceptors (Lipinski definition) is 3. The second kappa shape index (κ2) is 6.32. The van der Waals surface area contributed by atoms with Gasteiger partial charge in [0, 0.05) is 12.3 Å². The van der Waals surface area contributed by atoms with Crippen molar-refractivity contribution in [2.45, 2.75) is 63.6 Å². The molecule has 4 atom stereocenters. The molecule has 0 aromatic carbocycles. The van der Waals surface area contributed by atoms with Crippen LogP contribution in [0.1, 0.15) is 51.4 Å². The third-order valence-electron chi connectivity index (χ3n) is 4.32. The summed E-state index contributed by atoms with van der Waals surface area (Å²) in [5, 5.41) is 8.53. The van der Waals surface area contributed by atoms with E-state index in [2.05, 4.69) is 0 Å². The Morgan fingerprint density at radius 3 is 2.61 bits per heavy atom. The molecular weight excluding hydrogens is 232 g/mol. The van der Waals surface area contributed by atoms with Gasteiger partial charge < -0.3 is 14.6 Å². The zero-order valence-corrected chi connectivity index (χ0v) is 10.7. The number of carboxylic acids is 1. The summed E-state index contributed by atoms with van der Waals surface area (Å²) in [5.74, 6) is -0.180. The molecule has 0 radical (unpaired) electrons. The van der Waals surface area contributed by atoms with Crippen molar-refractivity contribution >= 4 is 12.3 Å². The lowest BCUT2D eigenvalue weighted by Crippen LogP contribution is -2.28. The van der Waals surface area contributed by atoms with Gasteiger partial charge >= 0.3 is 5.97 Å². The maximum atomic E-state index is 11.1. The van der Waals surface area contributed by atoms with Crippen LogP contribution in [0.3, 0.4) is 0 Å². The van der Waals surface area contributed by atoms with Gasteiger partial charge in [-0.05, 0) is 31.6 Å². The predicted molar refractivity (Wildman–Crippen MR) is 66.3 cm³/mol. The summed E-state index contributed by atoms with van der Waals surface area (Å²) in [5.41, 5.74) is 0. The van der Waals surface area contributed by atoms with Gasteiger partial charge in [0.25, 0.3) is 0 Å². The molecular formula is C14H22O4. The van der Waals surface area contributed by atoms with Crippen LogP contribution in [0.2, 0.25) is 0 Å². The molecule has 102 valence electrons. The zero-order valence-electron chi connectivity index (χ0n) is 10.7. The van der Waals surface area contributed by atoms with Crippen molar-refractivity contribution in [1.29, 1.82) is 0 Å². The van der Waals surface area contributed by atoms with E-state index in [9.17, 15) is 9.59 Å². The first-order valence-electron chi connectivity index (χ1n) is 7.05. The lowest BCUT2D eigenvalue weighted by atomic mass is 9.77. The van der Waals surface area contributed by atoms with Crippen LogP contribution >= 0.6 is 0 Å². The second-order valence-corrected chi connectivity index (χ2v) is 5.51. The number of unbranched alkanes of at least 4 members (excludes halogenated alkanes) is 3. The molecule has 0 spiro atoms. The SMILES string of the molecule is O=C[C@H]1[C@@H](CCCCCCC(=O)O)[C@H]2CC[C@@H]1O2. The van der Waals surface area contributed by atoms with Crippen LogP contribution in [0.4, 0.5) is 0 Å². The summed E-state index contributed by atoms with van der Waals surface area (Å²) in [4.78, 5) is 21.4. The second-order valence-electron chi connectivity index (χ2n) is 5.51. The van der Waals surface area contributed by atoms with Gasteiger partial charge in [0.2, 0.25) is 0 Å². The van der Waals surface area contributed by atoms with Crippen molar-refractivity contribution < 1.29 is 19.4 Å². The number of fused-ring (bicyclic) bond motifs is 2. The maximum absolute atomic E-state index is 11.1. The van der Waals surface area contributed by atoms with Crippen LogP contribution in [-0.4, -0.2) is 29.6 Å². The average molecular weight is 254 g/mol. The van der Waals surface area contributed by atoms with Gasteiger partial charge in [-0.15, -0.1) is 0 Å². The van der Waals surface area contributed by atoms with Gasteiger partial charge in [0.1, 0.15) is 6.29 Å². The molecule has 2 heterocycles. The molecule has 2 aliphatic heterocycles. The molecule has 0 amide bonds. The summed E-state index contributed by atoms with van der Waals surface area (Å²) in [6.07, 6.45) is 8.94. The fourth-order valence-corrected chi connectivity index (χ4v) is 3.39. The molecule has 2 rings (SSSR count). The third kappa shape index (κ3) is 3.10. The first kappa shape index (κ1) is 13.5. The van der Waals surface area contributed by atoms with Gasteiger partial charge in [-0.25, -0.2) is 0 Å². The van der Waals surface area contributed by atoms with Crippen LogP contribution in [0, 0.1) is 11.8 Å². The van der Waals surface area contributed by atoms with E-state index < -0.39 is 5.97 Å². The topological polar surface area (TPSA) is 63.6 Å². The van der Waals surface area contributed by atoms with Crippen molar-refractivity contribution in [1.82, 2.24) is 0 Å². The lowest BCUT2D eigenvalue weighted by Gasteiger charge is -2.23. The van der Waals surface area contributed by atoms with Crippen LogP contribution < -0.4 is 0 Å². The fraction of sp³-hybridized carbons (Fsp3) is 0.857. The Morgan fingerprint density at radius 1 is 1.17 bits per heavy atom. The molecule has 4 nitrogen and oxygen atoms in total. The highest BCUT2D eigenvalue weighted by Gasteiger charge is 2.48. The third-order valence-corrected chi connectivity index (χ3v) is 4.32. The van der Waals surface area contributed by atoms with E-state index in [0.717, 1.165) is 51.2 Å². The summed E-state index contributed by atoms with van der Waals surface area (Å²) < 4.78 is 5.79. The Morgan fingerprint density at radius 2 is 1.89 bits per heavy atom. The van der Waals surface area contributed by atoms with Crippen molar-refractivity contribution in [2.75, 3.05) is 0 Å². The first-order chi connectivity index (χ1) is 8.72. The Hall–Kier alpha value is -0.900. The fourth-order valence-electron chi connectivity index (χ4n) is 3.39.